The number of aromatic nitrogens is 1. The molecule has 90 valence electrons. The third-order valence-corrected chi connectivity index (χ3v) is 2.96. The lowest BCUT2D eigenvalue weighted by Crippen LogP contribution is -2.24. The van der Waals surface area contributed by atoms with Crippen molar-refractivity contribution in [2.75, 3.05) is 11.2 Å². The van der Waals surface area contributed by atoms with E-state index < -0.39 is 0 Å². The Balaban J connectivity index is 2.70. The van der Waals surface area contributed by atoms with Crippen LogP contribution in [0.3, 0.4) is 0 Å². The van der Waals surface area contributed by atoms with Crippen molar-refractivity contribution in [1.82, 2.24) is 4.98 Å². The number of anilines is 1. The zero-order valence-electron chi connectivity index (χ0n) is 9.30. The van der Waals surface area contributed by atoms with Crippen LogP contribution in [0, 0.1) is 5.92 Å². The van der Waals surface area contributed by atoms with Crippen molar-refractivity contribution in [3.63, 3.8) is 0 Å². The average Bonchev–Trinajstić information content (AvgIpc) is 2.20. The average molecular weight is 282 g/mol. The first-order chi connectivity index (χ1) is 7.52. The van der Waals surface area contributed by atoms with E-state index in [0.717, 1.165) is 6.42 Å². The molecular formula is C11H15Cl3N2. The fourth-order valence-electron chi connectivity index (χ4n) is 1.44. The van der Waals surface area contributed by atoms with Gasteiger partial charge < -0.3 is 5.32 Å². The Hall–Kier alpha value is -0.180. The number of nitrogens with zero attached hydrogens (tertiary/aromatic N) is 1. The van der Waals surface area contributed by atoms with Crippen LogP contribution in [-0.2, 0) is 0 Å². The van der Waals surface area contributed by atoms with E-state index in [1.54, 1.807) is 12.3 Å². The van der Waals surface area contributed by atoms with E-state index >= 15 is 0 Å². The van der Waals surface area contributed by atoms with Crippen molar-refractivity contribution < 1.29 is 0 Å². The van der Waals surface area contributed by atoms with Gasteiger partial charge in [0.2, 0.25) is 0 Å². The second kappa shape index (κ2) is 6.53. The second-order valence-electron chi connectivity index (χ2n) is 4.11. The number of hydrogen-bond acceptors (Lipinski definition) is 2. The van der Waals surface area contributed by atoms with E-state index in [9.17, 15) is 0 Å². The molecule has 0 fully saturated rings. The van der Waals surface area contributed by atoms with Crippen LogP contribution in [0.15, 0.2) is 12.3 Å². The lowest BCUT2D eigenvalue weighted by molar-refractivity contribution is 0.541. The van der Waals surface area contributed by atoms with Crippen LogP contribution < -0.4 is 5.32 Å². The van der Waals surface area contributed by atoms with E-state index in [1.807, 2.05) is 0 Å². The molecule has 0 aromatic carbocycles. The predicted molar refractivity (Wildman–Crippen MR) is 71.8 cm³/mol. The molecule has 1 atom stereocenters. The molecule has 5 heteroatoms. The van der Waals surface area contributed by atoms with Gasteiger partial charge in [0, 0.05) is 18.1 Å². The summed E-state index contributed by atoms with van der Waals surface area (Å²) in [5.41, 5.74) is 0. The summed E-state index contributed by atoms with van der Waals surface area (Å²) in [6.07, 6.45) is 2.54. The molecule has 1 rings (SSSR count). The Kier molecular flexibility index (Phi) is 5.67. The SMILES string of the molecule is CC(C)CC(CCl)Nc1ncc(Cl)cc1Cl. The van der Waals surface area contributed by atoms with Crippen molar-refractivity contribution in [1.29, 1.82) is 0 Å². The summed E-state index contributed by atoms with van der Waals surface area (Å²) in [4.78, 5) is 4.14. The molecule has 16 heavy (non-hydrogen) atoms. The van der Waals surface area contributed by atoms with Gasteiger partial charge in [-0.15, -0.1) is 11.6 Å². The first kappa shape index (κ1) is 13.9. The molecule has 0 aliphatic rings. The number of alkyl halides is 1. The van der Waals surface area contributed by atoms with E-state index in [2.05, 4.69) is 24.1 Å². The van der Waals surface area contributed by atoms with Crippen LogP contribution in [0.4, 0.5) is 5.82 Å². The summed E-state index contributed by atoms with van der Waals surface area (Å²) in [7, 11) is 0. The molecule has 1 aromatic rings. The second-order valence-corrected chi connectivity index (χ2v) is 5.26. The minimum Gasteiger partial charge on any atom is -0.365 e. The topological polar surface area (TPSA) is 24.9 Å². The van der Waals surface area contributed by atoms with Crippen molar-refractivity contribution >= 4 is 40.6 Å². The Morgan fingerprint density at radius 3 is 2.56 bits per heavy atom. The van der Waals surface area contributed by atoms with E-state index in [0.29, 0.717) is 27.7 Å². The van der Waals surface area contributed by atoms with E-state index in [-0.39, 0.29) is 6.04 Å². The first-order valence-corrected chi connectivity index (χ1v) is 6.45. The van der Waals surface area contributed by atoms with Gasteiger partial charge in [0.1, 0.15) is 5.82 Å². The van der Waals surface area contributed by atoms with Gasteiger partial charge in [-0.2, -0.15) is 0 Å². The quantitative estimate of drug-likeness (QED) is 0.806. The van der Waals surface area contributed by atoms with Crippen molar-refractivity contribution in [3.05, 3.63) is 22.3 Å². The lowest BCUT2D eigenvalue weighted by atomic mass is 10.1. The summed E-state index contributed by atoms with van der Waals surface area (Å²) in [6.45, 7) is 4.30. The van der Waals surface area contributed by atoms with E-state index in [4.69, 9.17) is 34.8 Å². The number of nitrogens with one attached hydrogen (secondary N) is 1. The minimum absolute atomic E-state index is 0.174. The molecule has 1 N–H and O–H groups in total. The van der Waals surface area contributed by atoms with Crippen LogP contribution in [0.2, 0.25) is 10.0 Å². The maximum Gasteiger partial charge on any atom is 0.145 e. The lowest BCUT2D eigenvalue weighted by Gasteiger charge is -2.19. The molecule has 0 spiro atoms. The molecule has 0 aliphatic carbocycles. The smallest absolute Gasteiger partial charge is 0.145 e. The van der Waals surface area contributed by atoms with Crippen molar-refractivity contribution in [2.24, 2.45) is 5.92 Å². The molecule has 0 radical (unpaired) electrons. The molecule has 0 saturated carbocycles. The Morgan fingerprint density at radius 2 is 2.06 bits per heavy atom. The summed E-state index contributed by atoms with van der Waals surface area (Å²) in [5, 5.41) is 4.27. The first-order valence-electron chi connectivity index (χ1n) is 5.16. The highest BCUT2D eigenvalue weighted by Crippen LogP contribution is 2.24. The number of rotatable bonds is 5. The molecule has 1 aromatic heterocycles. The highest BCUT2D eigenvalue weighted by Gasteiger charge is 2.12. The fraction of sp³-hybridized carbons (Fsp3) is 0.545. The number of pyridine rings is 1. The Labute approximate surface area is 111 Å². The molecule has 1 heterocycles. The molecule has 1 unspecified atom stereocenters. The Bertz CT molecular complexity index is 342. The van der Waals surface area contributed by atoms with Crippen molar-refractivity contribution in [2.45, 2.75) is 26.3 Å². The third kappa shape index (κ3) is 4.36. The number of hydrogen-bond donors (Lipinski definition) is 1. The standard InChI is InChI=1S/C11H15Cl3N2/c1-7(2)3-9(5-12)16-11-10(14)4-8(13)6-15-11/h4,6-7,9H,3,5H2,1-2H3,(H,15,16). The fourth-order valence-corrected chi connectivity index (χ4v) is 2.08. The van der Waals surface area contributed by atoms with E-state index in [1.165, 1.54) is 0 Å². The minimum atomic E-state index is 0.174. The number of halogens is 3. The third-order valence-electron chi connectivity index (χ3n) is 2.09. The van der Waals surface area contributed by atoms with Crippen LogP contribution in [0.25, 0.3) is 0 Å². The van der Waals surface area contributed by atoms with Gasteiger partial charge in [-0.3, -0.25) is 0 Å². The highest BCUT2D eigenvalue weighted by atomic mass is 35.5. The van der Waals surface area contributed by atoms with Crippen LogP contribution >= 0.6 is 34.8 Å². The van der Waals surface area contributed by atoms with Crippen LogP contribution in [0.1, 0.15) is 20.3 Å². The van der Waals surface area contributed by atoms with Gasteiger partial charge in [0.05, 0.1) is 10.0 Å². The van der Waals surface area contributed by atoms with Crippen LogP contribution in [-0.4, -0.2) is 16.9 Å². The Morgan fingerprint density at radius 1 is 1.38 bits per heavy atom. The largest absolute Gasteiger partial charge is 0.365 e. The van der Waals surface area contributed by atoms with Crippen LogP contribution in [0.5, 0.6) is 0 Å². The van der Waals surface area contributed by atoms with Gasteiger partial charge in [-0.05, 0) is 18.4 Å². The zero-order chi connectivity index (χ0) is 12.1. The monoisotopic (exact) mass is 280 g/mol. The molecule has 0 saturated heterocycles. The summed E-state index contributed by atoms with van der Waals surface area (Å²) >= 11 is 17.7. The van der Waals surface area contributed by atoms with Gasteiger partial charge in [0.15, 0.2) is 0 Å². The normalized spacial score (nSPS) is 12.9. The highest BCUT2D eigenvalue weighted by molar-refractivity contribution is 6.35. The summed E-state index contributed by atoms with van der Waals surface area (Å²) < 4.78 is 0. The van der Waals surface area contributed by atoms with Gasteiger partial charge in [0.25, 0.3) is 0 Å². The zero-order valence-corrected chi connectivity index (χ0v) is 11.6. The summed E-state index contributed by atoms with van der Waals surface area (Å²) in [6, 6.07) is 1.84. The molecular weight excluding hydrogens is 266 g/mol. The molecule has 0 amide bonds. The maximum atomic E-state index is 6.01. The molecule has 0 bridgehead atoms. The maximum absolute atomic E-state index is 6.01. The predicted octanol–water partition coefficient (Wildman–Crippen LogP) is 4.45. The van der Waals surface area contributed by atoms with Gasteiger partial charge in [-0.25, -0.2) is 4.98 Å². The molecule has 0 aliphatic heterocycles. The molecule has 2 nitrogen and oxygen atoms in total. The van der Waals surface area contributed by atoms with Gasteiger partial charge in [-0.1, -0.05) is 37.0 Å². The summed E-state index contributed by atoms with van der Waals surface area (Å²) in [5.74, 6) is 1.73. The van der Waals surface area contributed by atoms with Crippen molar-refractivity contribution in [3.8, 4) is 0 Å². The van der Waals surface area contributed by atoms with Gasteiger partial charge >= 0.3 is 0 Å².